The highest BCUT2D eigenvalue weighted by molar-refractivity contribution is 5.52. The van der Waals surface area contributed by atoms with Gasteiger partial charge in [-0.3, -0.25) is 4.98 Å². The van der Waals surface area contributed by atoms with Crippen LogP contribution in [0.1, 0.15) is 45.0 Å². The molecule has 0 radical (unpaired) electrons. The molecule has 1 aromatic heterocycles. The summed E-state index contributed by atoms with van der Waals surface area (Å²) in [6, 6.07) is 5.55. The minimum Gasteiger partial charge on any atom is -0.364 e. The first-order chi connectivity index (χ1) is 9.56. The number of rotatable bonds is 4. The van der Waals surface area contributed by atoms with Gasteiger partial charge < -0.3 is 10.2 Å². The molecule has 0 spiro atoms. The predicted molar refractivity (Wildman–Crippen MR) is 86.4 cm³/mol. The Morgan fingerprint density at radius 2 is 2.10 bits per heavy atom. The van der Waals surface area contributed by atoms with Crippen molar-refractivity contribution in [3.63, 3.8) is 0 Å². The molecule has 3 heteroatoms. The van der Waals surface area contributed by atoms with Crippen molar-refractivity contribution in [2.24, 2.45) is 5.92 Å². The molecule has 0 saturated carbocycles. The van der Waals surface area contributed by atoms with Gasteiger partial charge in [-0.05, 0) is 38.3 Å². The fourth-order valence-electron chi connectivity index (χ4n) is 3.13. The second-order valence-electron chi connectivity index (χ2n) is 6.17. The molecular weight excluding hydrogens is 246 g/mol. The highest BCUT2D eigenvalue weighted by atomic mass is 15.2. The molecule has 2 rings (SSSR count). The molecule has 2 heterocycles. The van der Waals surface area contributed by atoms with E-state index in [4.69, 9.17) is 0 Å². The molecule has 1 aliphatic heterocycles. The Hall–Kier alpha value is -1.09. The molecule has 3 unspecified atom stereocenters. The van der Waals surface area contributed by atoms with Crippen LogP contribution in [0.5, 0.6) is 0 Å². The highest BCUT2D eigenvalue weighted by Gasteiger charge is 2.30. The number of anilines is 1. The van der Waals surface area contributed by atoms with E-state index in [0.29, 0.717) is 18.0 Å². The van der Waals surface area contributed by atoms with Crippen LogP contribution in [-0.2, 0) is 0 Å². The highest BCUT2D eigenvalue weighted by Crippen LogP contribution is 2.26. The lowest BCUT2D eigenvalue weighted by Gasteiger charge is -2.44. The zero-order chi connectivity index (χ0) is 14.7. The number of pyridine rings is 1. The lowest BCUT2D eigenvalue weighted by atomic mass is 9.94. The van der Waals surface area contributed by atoms with Gasteiger partial charge in [0.1, 0.15) is 0 Å². The summed E-state index contributed by atoms with van der Waals surface area (Å²) in [5, 5.41) is 3.74. The summed E-state index contributed by atoms with van der Waals surface area (Å²) in [6.45, 7) is 13.3. The number of aromatic nitrogens is 1. The zero-order valence-electron chi connectivity index (χ0n) is 13.6. The molecule has 3 nitrogen and oxygen atoms in total. The lowest BCUT2D eigenvalue weighted by Crippen LogP contribution is -2.58. The van der Waals surface area contributed by atoms with Crippen LogP contribution in [0.25, 0.3) is 0 Å². The monoisotopic (exact) mass is 275 g/mol. The van der Waals surface area contributed by atoms with Crippen LogP contribution in [0, 0.1) is 19.8 Å². The summed E-state index contributed by atoms with van der Waals surface area (Å²) in [7, 11) is 0. The Labute approximate surface area is 123 Å². The van der Waals surface area contributed by atoms with Crippen molar-refractivity contribution in [2.45, 2.75) is 59.5 Å². The molecule has 1 aromatic rings. The fraction of sp³-hybridized carbons (Fsp3) is 0.706. The maximum Gasteiger partial charge on any atom is 0.0609 e. The van der Waals surface area contributed by atoms with Crippen molar-refractivity contribution in [1.29, 1.82) is 0 Å². The van der Waals surface area contributed by atoms with E-state index >= 15 is 0 Å². The van der Waals surface area contributed by atoms with Crippen LogP contribution in [0.15, 0.2) is 12.1 Å². The van der Waals surface area contributed by atoms with Crippen molar-refractivity contribution in [3.05, 3.63) is 23.5 Å². The number of aryl methyl sites for hydroxylation is 2. The smallest absolute Gasteiger partial charge is 0.0609 e. The largest absolute Gasteiger partial charge is 0.364 e. The summed E-state index contributed by atoms with van der Waals surface area (Å²) < 4.78 is 0. The summed E-state index contributed by atoms with van der Waals surface area (Å²) in [4.78, 5) is 7.22. The fourth-order valence-corrected chi connectivity index (χ4v) is 3.13. The van der Waals surface area contributed by atoms with Crippen LogP contribution in [-0.4, -0.2) is 30.2 Å². The molecule has 1 fully saturated rings. The standard InChI is InChI=1S/C17H29N3/c1-6-12(3)16-11-20(15(7-2)10-18-16)17-9-8-13(4)19-14(17)5/h8-9,12,15-16,18H,6-7,10-11H2,1-5H3. The minimum atomic E-state index is 0.582. The second-order valence-corrected chi connectivity index (χ2v) is 6.17. The molecule has 0 aliphatic carbocycles. The quantitative estimate of drug-likeness (QED) is 0.914. The molecule has 1 N–H and O–H groups in total. The Bertz CT molecular complexity index is 444. The van der Waals surface area contributed by atoms with Gasteiger partial charge in [-0.2, -0.15) is 0 Å². The third-order valence-corrected chi connectivity index (χ3v) is 4.76. The Morgan fingerprint density at radius 1 is 1.35 bits per heavy atom. The number of hydrogen-bond acceptors (Lipinski definition) is 3. The normalized spacial score (nSPS) is 24.8. The molecule has 1 aliphatic rings. The molecule has 0 bridgehead atoms. The average molecular weight is 275 g/mol. The third kappa shape index (κ3) is 3.14. The molecule has 3 atom stereocenters. The number of nitrogens with zero attached hydrogens (tertiary/aromatic N) is 2. The van der Waals surface area contributed by atoms with E-state index in [2.05, 4.69) is 62.0 Å². The number of nitrogens with one attached hydrogen (secondary N) is 1. The number of hydrogen-bond donors (Lipinski definition) is 1. The molecule has 0 aromatic carbocycles. The SMILES string of the molecule is CCC(C)C1CN(c2ccc(C)nc2C)C(CC)CN1. The first-order valence-electron chi connectivity index (χ1n) is 8.01. The van der Waals surface area contributed by atoms with Gasteiger partial charge in [0.2, 0.25) is 0 Å². The lowest BCUT2D eigenvalue weighted by molar-refractivity contribution is 0.306. The first-order valence-corrected chi connectivity index (χ1v) is 8.01. The van der Waals surface area contributed by atoms with Crippen molar-refractivity contribution in [3.8, 4) is 0 Å². The average Bonchev–Trinajstić information content (AvgIpc) is 2.46. The van der Waals surface area contributed by atoms with Crippen molar-refractivity contribution in [1.82, 2.24) is 10.3 Å². The van der Waals surface area contributed by atoms with E-state index in [-0.39, 0.29) is 0 Å². The van der Waals surface area contributed by atoms with Crippen molar-refractivity contribution >= 4 is 5.69 Å². The summed E-state index contributed by atoms with van der Waals surface area (Å²) in [5.41, 5.74) is 3.58. The molecule has 112 valence electrons. The third-order valence-electron chi connectivity index (χ3n) is 4.76. The zero-order valence-corrected chi connectivity index (χ0v) is 13.6. The predicted octanol–water partition coefficient (Wildman–Crippen LogP) is 3.30. The maximum atomic E-state index is 4.65. The van der Waals surface area contributed by atoms with Crippen LogP contribution >= 0.6 is 0 Å². The van der Waals surface area contributed by atoms with Crippen LogP contribution in [0.2, 0.25) is 0 Å². The summed E-state index contributed by atoms with van der Waals surface area (Å²) in [6.07, 6.45) is 2.40. The van der Waals surface area contributed by atoms with Gasteiger partial charge in [0.25, 0.3) is 0 Å². The maximum absolute atomic E-state index is 4.65. The summed E-state index contributed by atoms with van der Waals surface area (Å²) in [5.74, 6) is 0.717. The minimum absolute atomic E-state index is 0.582. The van der Waals surface area contributed by atoms with Gasteiger partial charge in [-0.25, -0.2) is 0 Å². The van der Waals surface area contributed by atoms with Crippen LogP contribution in [0.4, 0.5) is 5.69 Å². The van der Waals surface area contributed by atoms with E-state index in [1.165, 1.54) is 18.5 Å². The van der Waals surface area contributed by atoms with Gasteiger partial charge in [0.05, 0.1) is 11.4 Å². The van der Waals surface area contributed by atoms with E-state index in [1.807, 2.05) is 0 Å². The van der Waals surface area contributed by atoms with E-state index in [1.54, 1.807) is 0 Å². The van der Waals surface area contributed by atoms with Gasteiger partial charge in [0.15, 0.2) is 0 Å². The van der Waals surface area contributed by atoms with E-state index < -0.39 is 0 Å². The number of piperazine rings is 1. The molecule has 0 amide bonds. The van der Waals surface area contributed by atoms with E-state index in [0.717, 1.165) is 24.5 Å². The van der Waals surface area contributed by atoms with Gasteiger partial charge >= 0.3 is 0 Å². The Kier molecular flexibility index (Phi) is 5.03. The molecule has 1 saturated heterocycles. The van der Waals surface area contributed by atoms with Gasteiger partial charge in [-0.1, -0.05) is 27.2 Å². The van der Waals surface area contributed by atoms with Crippen LogP contribution in [0.3, 0.4) is 0 Å². The van der Waals surface area contributed by atoms with Gasteiger partial charge in [0, 0.05) is 30.9 Å². The van der Waals surface area contributed by atoms with Crippen molar-refractivity contribution in [2.75, 3.05) is 18.0 Å². The topological polar surface area (TPSA) is 28.2 Å². The van der Waals surface area contributed by atoms with Crippen molar-refractivity contribution < 1.29 is 0 Å². The Morgan fingerprint density at radius 3 is 2.70 bits per heavy atom. The van der Waals surface area contributed by atoms with Gasteiger partial charge in [-0.15, -0.1) is 0 Å². The summed E-state index contributed by atoms with van der Waals surface area (Å²) >= 11 is 0. The second kappa shape index (κ2) is 6.57. The van der Waals surface area contributed by atoms with Crippen LogP contribution < -0.4 is 10.2 Å². The van der Waals surface area contributed by atoms with E-state index in [9.17, 15) is 0 Å². The molecule has 20 heavy (non-hydrogen) atoms. The first kappa shape index (κ1) is 15.3. The molecular formula is C17H29N3. The Balaban J connectivity index is 2.24.